The zero-order valence-corrected chi connectivity index (χ0v) is 21.7. The molecule has 6 rings (SSSR count). The maximum atomic E-state index is 13.7. The molecule has 0 saturated carbocycles. The fraction of sp³-hybridized carbons (Fsp3) is 0.143. The molecule has 1 unspecified atom stereocenters. The zero-order chi connectivity index (χ0) is 25.0. The molecule has 180 valence electrons. The summed E-state index contributed by atoms with van der Waals surface area (Å²) < 4.78 is 8.75. The van der Waals surface area contributed by atoms with Crippen molar-refractivity contribution < 1.29 is 19.1 Å². The minimum atomic E-state index is -0.681. The zero-order valence-electron chi connectivity index (χ0n) is 19.3. The summed E-state index contributed by atoms with van der Waals surface area (Å²) in [5.74, 6) is -1.46. The van der Waals surface area contributed by atoms with Crippen LogP contribution in [0.4, 0.5) is 0 Å². The van der Waals surface area contributed by atoms with Crippen LogP contribution in [0, 0.1) is 0 Å². The van der Waals surface area contributed by atoms with Crippen LogP contribution in [0.1, 0.15) is 27.0 Å². The van der Waals surface area contributed by atoms with Crippen LogP contribution in [0.5, 0.6) is 0 Å². The monoisotopic (exact) mass is 560 g/mol. The molecule has 1 amide bonds. The van der Waals surface area contributed by atoms with Crippen LogP contribution in [0.25, 0.3) is 21.9 Å². The molecule has 3 aromatic heterocycles. The smallest absolute Gasteiger partial charge is 0.290 e. The molecule has 8 heteroatoms. The highest BCUT2D eigenvalue weighted by Gasteiger charge is 2.44. The predicted octanol–water partition coefficient (Wildman–Crippen LogP) is 6.57. The highest BCUT2D eigenvalue weighted by Crippen LogP contribution is 2.41. The number of hydrogen-bond donors (Lipinski definition) is 1. The number of ketones is 1. The lowest BCUT2D eigenvalue weighted by Crippen LogP contribution is -2.32. The Bertz CT molecular complexity index is 1680. The number of hydrogen-bond acceptors (Lipinski definition) is 5. The molecule has 0 fully saturated rings. The van der Waals surface area contributed by atoms with Gasteiger partial charge in [-0.3, -0.25) is 9.59 Å². The maximum Gasteiger partial charge on any atom is 0.290 e. The number of carbonyl (C=O) groups is 2. The van der Waals surface area contributed by atoms with Crippen LogP contribution in [0.3, 0.4) is 0 Å². The molecule has 4 heterocycles. The minimum Gasteiger partial charge on any atom is -0.503 e. The van der Waals surface area contributed by atoms with E-state index in [0.717, 1.165) is 31.2 Å². The number of aryl methyl sites for hydroxylation is 1. The average Bonchev–Trinajstić information content (AvgIpc) is 3.65. The van der Waals surface area contributed by atoms with E-state index in [1.165, 1.54) is 11.3 Å². The van der Waals surface area contributed by atoms with Gasteiger partial charge in [-0.25, -0.2) is 0 Å². The van der Waals surface area contributed by atoms with Gasteiger partial charge in [-0.05, 0) is 53.8 Å². The lowest BCUT2D eigenvalue weighted by molar-refractivity contribution is -0.129. The highest BCUT2D eigenvalue weighted by atomic mass is 79.9. The summed E-state index contributed by atoms with van der Waals surface area (Å²) in [5.41, 5.74) is 2.83. The van der Waals surface area contributed by atoms with Crippen molar-refractivity contribution in [1.29, 1.82) is 0 Å². The third kappa shape index (κ3) is 3.68. The number of para-hydroxylation sites is 1. The van der Waals surface area contributed by atoms with Gasteiger partial charge in [-0.15, -0.1) is 11.3 Å². The lowest BCUT2D eigenvalue weighted by Gasteiger charge is -2.25. The number of thiophene rings is 1. The molecule has 2 aromatic carbocycles. The van der Waals surface area contributed by atoms with Crippen LogP contribution in [-0.4, -0.2) is 32.8 Å². The summed E-state index contributed by atoms with van der Waals surface area (Å²) >= 11 is 4.88. The normalized spacial score (nSPS) is 16.1. The SMILES string of the molecule is Cn1cc(CCN2C(=O)C(O)=C(C(=O)c3cc4cc(Br)ccc4o3)C2c2cccs2)c2ccccc21. The molecule has 0 aliphatic carbocycles. The Morgan fingerprint density at radius 3 is 2.78 bits per heavy atom. The number of Topliss-reactive ketones (excluding diaryl/α,β-unsaturated/α-hetero) is 1. The van der Waals surface area contributed by atoms with Gasteiger partial charge < -0.3 is 19.0 Å². The Labute approximate surface area is 219 Å². The summed E-state index contributed by atoms with van der Waals surface area (Å²) in [4.78, 5) is 29.4. The number of carbonyl (C=O) groups excluding carboxylic acids is 2. The van der Waals surface area contributed by atoms with Gasteiger partial charge in [0.1, 0.15) is 5.58 Å². The summed E-state index contributed by atoms with van der Waals surface area (Å²) in [7, 11) is 2.00. The largest absolute Gasteiger partial charge is 0.503 e. The first kappa shape index (κ1) is 22.8. The van der Waals surface area contributed by atoms with E-state index in [9.17, 15) is 14.7 Å². The summed E-state index contributed by atoms with van der Waals surface area (Å²) in [6.45, 7) is 0.351. The van der Waals surface area contributed by atoms with E-state index in [1.807, 2.05) is 48.8 Å². The number of benzene rings is 2. The third-order valence-electron chi connectivity index (χ3n) is 6.66. The quantitative estimate of drug-likeness (QED) is 0.238. The standard InChI is InChI=1S/C28H21BrN2O4S/c1-30-15-16(19-5-2-3-6-20(19)30)10-11-31-25(23-7-4-12-36-23)24(27(33)28(31)34)26(32)22-14-17-13-18(29)8-9-21(17)35-22/h2-9,12-15,25,33H,10-11H2,1H3. The Hall–Kier alpha value is -3.62. The second-order valence-electron chi connectivity index (χ2n) is 8.83. The minimum absolute atomic E-state index is 0.0542. The van der Waals surface area contributed by atoms with Gasteiger partial charge in [-0.2, -0.15) is 0 Å². The number of nitrogens with zero attached hydrogens (tertiary/aromatic N) is 2. The van der Waals surface area contributed by atoms with Gasteiger partial charge in [0.15, 0.2) is 11.5 Å². The van der Waals surface area contributed by atoms with Crippen molar-refractivity contribution in [3.8, 4) is 0 Å². The highest BCUT2D eigenvalue weighted by molar-refractivity contribution is 9.10. The van der Waals surface area contributed by atoms with Gasteiger partial charge in [0.25, 0.3) is 5.91 Å². The first-order valence-electron chi connectivity index (χ1n) is 11.5. The molecule has 5 aromatic rings. The van der Waals surface area contributed by atoms with Gasteiger partial charge >= 0.3 is 0 Å². The summed E-state index contributed by atoms with van der Waals surface area (Å²) in [6, 6.07) is 18.3. The Morgan fingerprint density at radius 2 is 1.97 bits per heavy atom. The van der Waals surface area contributed by atoms with E-state index < -0.39 is 23.5 Å². The molecule has 1 atom stereocenters. The van der Waals surface area contributed by atoms with Crippen LogP contribution >= 0.6 is 27.3 Å². The molecule has 1 aliphatic rings. The number of rotatable bonds is 6. The number of furan rings is 1. The summed E-state index contributed by atoms with van der Waals surface area (Å²) in [6.07, 6.45) is 2.65. The van der Waals surface area contributed by atoms with Gasteiger partial charge in [0.05, 0.1) is 11.6 Å². The molecular formula is C28H21BrN2O4S. The molecule has 0 bridgehead atoms. The second-order valence-corrected chi connectivity index (χ2v) is 10.7. The van der Waals surface area contributed by atoms with Crippen molar-refractivity contribution in [2.75, 3.05) is 6.54 Å². The number of amides is 1. The lowest BCUT2D eigenvalue weighted by atomic mass is 10.00. The van der Waals surface area contributed by atoms with Crippen molar-refractivity contribution >= 4 is 60.8 Å². The number of aromatic nitrogens is 1. The average molecular weight is 561 g/mol. The van der Waals surface area contributed by atoms with E-state index in [1.54, 1.807) is 17.0 Å². The van der Waals surface area contributed by atoms with E-state index >= 15 is 0 Å². The molecular weight excluding hydrogens is 540 g/mol. The van der Waals surface area contributed by atoms with Crippen molar-refractivity contribution in [1.82, 2.24) is 9.47 Å². The fourth-order valence-electron chi connectivity index (χ4n) is 4.98. The van der Waals surface area contributed by atoms with Gasteiger partial charge in [0, 0.05) is 45.4 Å². The number of aliphatic hydroxyl groups excluding tert-OH is 1. The van der Waals surface area contributed by atoms with E-state index in [-0.39, 0.29) is 11.3 Å². The second kappa shape index (κ2) is 8.80. The van der Waals surface area contributed by atoms with Crippen LogP contribution in [0.2, 0.25) is 0 Å². The first-order valence-corrected chi connectivity index (χ1v) is 13.1. The molecule has 0 saturated heterocycles. The van der Waals surface area contributed by atoms with E-state index in [2.05, 4.69) is 38.8 Å². The maximum absolute atomic E-state index is 13.7. The van der Waals surface area contributed by atoms with E-state index in [0.29, 0.717) is 18.5 Å². The number of halogens is 1. The Balaban J connectivity index is 1.36. The predicted molar refractivity (Wildman–Crippen MR) is 143 cm³/mol. The van der Waals surface area contributed by atoms with Gasteiger partial charge in [0.2, 0.25) is 5.78 Å². The molecule has 1 aliphatic heterocycles. The topological polar surface area (TPSA) is 75.7 Å². The summed E-state index contributed by atoms with van der Waals surface area (Å²) in [5, 5.41) is 14.7. The van der Waals surface area contributed by atoms with Crippen molar-refractivity contribution in [2.45, 2.75) is 12.5 Å². The number of fused-ring (bicyclic) bond motifs is 2. The van der Waals surface area contributed by atoms with E-state index in [4.69, 9.17) is 4.42 Å². The molecule has 0 radical (unpaired) electrons. The molecule has 1 N–H and O–H groups in total. The van der Waals surface area contributed by atoms with Crippen LogP contribution in [-0.2, 0) is 18.3 Å². The molecule has 6 nitrogen and oxygen atoms in total. The molecule has 0 spiro atoms. The number of aliphatic hydroxyl groups is 1. The molecule has 36 heavy (non-hydrogen) atoms. The first-order chi connectivity index (χ1) is 17.4. The third-order valence-corrected chi connectivity index (χ3v) is 8.08. The van der Waals surface area contributed by atoms with Crippen molar-refractivity contribution in [3.05, 3.63) is 104 Å². The van der Waals surface area contributed by atoms with Crippen molar-refractivity contribution in [3.63, 3.8) is 0 Å². The Morgan fingerprint density at radius 1 is 1.14 bits per heavy atom. The Kier molecular flexibility index (Phi) is 5.58. The van der Waals surface area contributed by atoms with Crippen molar-refractivity contribution in [2.24, 2.45) is 7.05 Å². The fourth-order valence-corrected chi connectivity index (χ4v) is 6.21. The van der Waals surface area contributed by atoms with Gasteiger partial charge in [-0.1, -0.05) is 40.2 Å². The van der Waals surface area contributed by atoms with Crippen LogP contribution in [0.15, 0.2) is 92.5 Å². The van der Waals surface area contributed by atoms with Crippen LogP contribution < -0.4 is 0 Å².